The fourth-order valence-electron chi connectivity index (χ4n) is 4.14. The van der Waals surface area contributed by atoms with Crippen LogP contribution in [0.5, 0.6) is 0 Å². The molecule has 0 atom stereocenters. The summed E-state index contributed by atoms with van der Waals surface area (Å²) in [5, 5.41) is 3.23. The summed E-state index contributed by atoms with van der Waals surface area (Å²) in [6.45, 7) is 6.66. The van der Waals surface area contributed by atoms with Crippen molar-refractivity contribution in [2.24, 2.45) is 0 Å². The summed E-state index contributed by atoms with van der Waals surface area (Å²) in [7, 11) is 0. The molecule has 1 aromatic heterocycles. The minimum Gasteiger partial charge on any atom is -0.372 e. The average Bonchev–Trinajstić information content (AvgIpc) is 3.06. The molecular weight excluding hydrogens is 318 g/mol. The lowest BCUT2D eigenvalue weighted by molar-refractivity contribution is 0.0785. The second-order valence-electron chi connectivity index (χ2n) is 7.42. The Balaban J connectivity index is 1.25. The van der Waals surface area contributed by atoms with Crippen molar-refractivity contribution >= 4 is 6.03 Å². The van der Waals surface area contributed by atoms with Crippen LogP contribution in [0.2, 0.25) is 0 Å². The summed E-state index contributed by atoms with van der Waals surface area (Å²) >= 11 is 0. The third-order valence-electron chi connectivity index (χ3n) is 5.69. The molecule has 4 rings (SSSR count). The lowest BCUT2D eigenvalue weighted by Gasteiger charge is -2.36. The quantitative estimate of drug-likeness (QED) is 0.902. The Morgan fingerprint density at radius 2 is 1.96 bits per heavy atom. The van der Waals surface area contributed by atoms with Gasteiger partial charge in [-0.2, -0.15) is 0 Å². The Morgan fingerprint density at radius 3 is 2.76 bits per heavy atom. The molecule has 2 fully saturated rings. The van der Waals surface area contributed by atoms with Gasteiger partial charge in [-0.3, -0.25) is 4.90 Å². The lowest BCUT2D eigenvalue weighted by Crippen LogP contribution is -2.53. The van der Waals surface area contributed by atoms with Gasteiger partial charge in [-0.1, -0.05) is 19.3 Å². The molecule has 1 N–H and O–H groups in total. The fourth-order valence-corrected chi connectivity index (χ4v) is 4.14. The number of urea groups is 1. The standard InChI is InChI=1S/C18H29N5O2/c24-18(20-15-4-2-1-3-5-15)22-8-6-21(7-9-22)13-16-12-19-17-14-25-11-10-23(16)17/h12,15H,1-11,13-14H2,(H,20,24). The molecule has 25 heavy (non-hydrogen) atoms. The summed E-state index contributed by atoms with van der Waals surface area (Å²) in [4.78, 5) is 21.3. The van der Waals surface area contributed by atoms with Crippen molar-refractivity contribution in [2.75, 3.05) is 32.8 Å². The second-order valence-corrected chi connectivity index (χ2v) is 7.42. The number of nitrogens with one attached hydrogen (secondary N) is 1. The molecule has 0 spiro atoms. The van der Waals surface area contributed by atoms with Crippen LogP contribution in [0.15, 0.2) is 6.20 Å². The monoisotopic (exact) mass is 347 g/mol. The van der Waals surface area contributed by atoms with Gasteiger partial charge in [0.05, 0.1) is 12.3 Å². The molecule has 2 amide bonds. The second kappa shape index (κ2) is 7.74. The van der Waals surface area contributed by atoms with Crippen molar-refractivity contribution < 1.29 is 9.53 Å². The zero-order valence-corrected chi connectivity index (χ0v) is 15.0. The predicted molar refractivity (Wildman–Crippen MR) is 94.1 cm³/mol. The van der Waals surface area contributed by atoms with Crippen molar-refractivity contribution in [3.63, 3.8) is 0 Å². The number of nitrogens with zero attached hydrogens (tertiary/aromatic N) is 4. The van der Waals surface area contributed by atoms with Gasteiger partial charge in [0.25, 0.3) is 0 Å². The number of hydrogen-bond donors (Lipinski definition) is 1. The molecule has 0 bridgehead atoms. The van der Waals surface area contributed by atoms with Gasteiger partial charge < -0.3 is 19.5 Å². The number of rotatable bonds is 3. The van der Waals surface area contributed by atoms with Crippen LogP contribution in [0.25, 0.3) is 0 Å². The van der Waals surface area contributed by atoms with Gasteiger partial charge in [0.2, 0.25) is 0 Å². The van der Waals surface area contributed by atoms with E-state index in [4.69, 9.17) is 4.74 Å². The van der Waals surface area contributed by atoms with Crippen LogP contribution in [-0.2, 0) is 24.4 Å². The molecule has 3 aliphatic rings. The summed E-state index contributed by atoms with van der Waals surface area (Å²) in [5.41, 5.74) is 1.26. The molecule has 1 saturated carbocycles. The number of piperazine rings is 1. The van der Waals surface area contributed by atoms with Crippen LogP contribution in [0.4, 0.5) is 4.79 Å². The van der Waals surface area contributed by atoms with Crippen LogP contribution in [0, 0.1) is 0 Å². The van der Waals surface area contributed by atoms with E-state index in [-0.39, 0.29) is 6.03 Å². The van der Waals surface area contributed by atoms with E-state index in [9.17, 15) is 4.79 Å². The Hall–Kier alpha value is -1.60. The van der Waals surface area contributed by atoms with Crippen molar-refractivity contribution in [2.45, 2.75) is 57.8 Å². The zero-order valence-electron chi connectivity index (χ0n) is 15.0. The van der Waals surface area contributed by atoms with E-state index in [2.05, 4.69) is 19.8 Å². The highest BCUT2D eigenvalue weighted by Gasteiger charge is 2.25. The first-order valence-corrected chi connectivity index (χ1v) is 9.68. The number of fused-ring (bicyclic) bond motifs is 1. The minimum absolute atomic E-state index is 0.130. The van der Waals surface area contributed by atoms with Crippen molar-refractivity contribution in [3.05, 3.63) is 17.7 Å². The van der Waals surface area contributed by atoms with Crippen molar-refractivity contribution in [1.82, 2.24) is 24.7 Å². The van der Waals surface area contributed by atoms with E-state index in [0.717, 1.165) is 64.5 Å². The minimum atomic E-state index is 0.130. The molecule has 1 saturated heterocycles. The summed E-state index contributed by atoms with van der Waals surface area (Å²) in [5.74, 6) is 1.03. The van der Waals surface area contributed by atoms with Crippen LogP contribution in [0.1, 0.15) is 43.6 Å². The maximum absolute atomic E-state index is 12.4. The van der Waals surface area contributed by atoms with Gasteiger partial charge in [-0.25, -0.2) is 9.78 Å². The number of ether oxygens (including phenoxy) is 1. The maximum atomic E-state index is 12.4. The number of carbonyl (C=O) groups is 1. The molecule has 2 aliphatic heterocycles. The number of aromatic nitrogens is 2. The average molecular weight is 347 g/mol. The summed E-state index contributed by atoms with van der Waals surface area (Å²) in [6.07, 6.45) is 8.07. The van der Waals surface area contributed by atoms with Crippen molar-refractivity contribution in [1.29, 1.82) is 0 Å². The molecule has 0 unspecified atom stereocenters. The maximum Gasteiger partial charge on any atom is 0.317 e. The van der Waals surface area contributed by atoms with Gasteiger partial charge in [0.15, 0.2) is 0 Å². The molecular formula is C18H29N5O2. The highest BCUT2D eigenvalue weighted by Crippen LogP contribution is 2.18. The highest BCUT2D eigenvalue weighted by atomic mass is 16.5. The molecule has 3 heterocycles. The van der Waals surface area contributed by atoms with Gasteiger partial charge in [0.1, 0.15) is 12.4 Å². The van der Waals surface area contributed by atoms with E-state index >= 15 is 0 Å². The molecule has 1 aromatic rings. The van der Waals surface area contributed by atoms with Gasteiger partial charge >= 0.3 is 6.03 Å². The summed E-state index contributed by atoms with van der Waals surface area (Å²) < 4.78 is 7.74. The molecule has 0 aromatic carbocycles. The first kappa shape index (κ1) is 16.8. The highest BCUT2D eigenvalue weighted by molar-refractivity contribution is 5.74. The largest absolute Gasteiger partial charge is 0.372 e. The van der Waals surface area contributed by atoms with E-state index in [0.29, 0.717) is 12.6 Å². The van der Waals surface area contributed by atoms with E-state index in [1.807, 2.05) is 11.1 Å². The molecule has 7 nitrogen and oxygen atoms in total. The van der Waals surface area contributed by atoms with Crippen LogP contribution < -0.4 is 5.32 Å². The topological polar surface area (TPSA) is 62.6 Å². The van der Waals surface area contributed by atoms with Crippen LogP contribution >= 0.6 is 0 Å². The Morgan fingerprint density at radius 1 is 1.16 bits per heavy atom. The summed E-state index contributed by atoms with van der Waals surface area (Å²) in [6, 6.07) is 0.519. The Kier molecular flexibility index (Phi) is 5.22. The zero-order chi connectivity index (χ0) is 17.1. The first-order valence-electron chi connectivity index (χ1n) is 9.68. The third-order valence-corrected chi connectivity index (χ3v) is 5.69. The number of hydrogen-bond acceptors (Lipinski definition) is 4. The van der Waals surface area contributed by atoms with Crippen LogP contribution in [0.3, 0.4) is 0 Å². The number of carbonyl (C=O) groups excluding carboxylic acids is 1. The Bertz CT molecular complexity index is 588. The van der Waals surface area contributed by atoms with Crippen LogP contribution in [-0.4, -0.2) is 64.2 Å². The smallest absolute Gasteiger partial charge is 0.317 e. The van der Waals surface area contributed by atoms with E-state index in [1.54, 1.807) is 0 Å². The first-order chi connectivity index (χ1) is 12.3. The molecule has 1 aliphatic carbocycles. The third kappa shape index (κ3) is 3.98. The fraction of sp³-hybridized carbons (Fsp3) is 0.778. The van der Waals surface area contributed by atoms with Crippen molar-refractivity contribution in [3.8, 4) is 0 Å². The van der Waals surface area contributed by atoms with Gasteiger partial charge in [0, 0.05) is 51.5 Å². The van der Waals surface area contributed by atoms with Gasteiger partial charge in [-0.05, 0) is 12.8 Å². The Labute approximate surface area is 149 Å². The number of imidazole rings is 1. The molecule has 7 heteroatoms. The predicted octanol–water partition coefficient (Wildman–Crippen LogP) is 1.57. The normalized spacial score (nSPS) is 22.6. The van der Waals surface area contributed by atoms with E-state index in [1.165, 1.54) is 25.0 Å². The SMILES string of the molecule is O=C(NC1CCCCC1)N1CCN(Cc2cnc3n2CCOC3)CC1. The molecule has 138 valence electrons. The lowest BCUT2D eigenvalue weighted by atomic mass is 9.96. The molecule has 0 radical (unpaired) electrons. The van der Waals surface area contributed by atoms with E-state index < -0.39 is 0 Å². The number of amides is 2. The van der Waals surface area contributed by atoms with Gasteiger partial charge in [-0.15, -0.1) is 0 Å².